The van der Waals surface area contributed by atoms with Crippen LogP contribution in [0.15, 0.2) is 66.7 Å². The molecule has 1 aliphatic heterocycles. The Morgan fingerprint density at radius 2 is 1.73 bits per heavy atom. The molecule has 33 heavy (non-hydrogen) atoms. The van der Waals surface area contributed by atoms with Crippen LogP contribution in [0.1, 0.15) is 27.6 Å². The summed E-state index contributed by atoms with van der Waals surface area (Å²) >= 11 is 0. The zero-order chi connectivity index (χ0) is 23.8. The standard InChI is InChI=1S/C24H22O9/c1-15(25)31-20(14-30-23(27)16-7-4-3-5-8-16)22-19(11-12-21(26)33-22)32-24(28)17-9-6-10-18(13-17)29-2/h3-13,19-20,22H,14H2,1-2H3/t19-,20-,22+/m1/s1. The molecule has 0 spiro atoms. The fraction of sp³-hybridized carbons (Fsp3) is 0.250. The van der Waals surface area contributed by atoms with E-state index in [1.54, 1.807) is 42.5 Å². The lowest BCUT2D eigenvalue weighted by atomic mass is 10.0. The van der Waals surface area contributed by atoms with Gasteiger partial charge in [-0.3, -0.25) is 4.79 Å². The molecule has 9 heteroatoms. The van der Waals surface area contributed by atoms with Gasteiger partial charge in [-0.2, -0.15) is 0 Å². The van der Waals surface area contributed by atoms with Crippen molar-refractivity contribution in [2.45, 2.75) is 25.2 Å². The molecule has 0 N–H and O–H groups in total. The summed E-state index contributed by atoms with van der Waals surface area (Å²) < 4.78 is 26.4. The first-order valence-corrected chi connectivity index (χ1v) is 10.0. The topological polar surface area (TPSA) is 114 Å². The van der Waals surface area contributed by atoms with Crippen molar-refractivity contribution >= 4 is 23.9 Å². The summed E-state index contributed by atoms with van der Waals surface area (Å²) in [6, 6.07) is 14.5. The molecule has 0 aliphatic carbocycles. The quantitative estimate of drug-likeness (QED) is 0.438. The molecule has 0 unspecified atom stereocenters. The average molecular weight is 454 g/mol. The molecule has 9 nitrogen and oxygen atoms in total. The predicted octanol–water partition coefficient (Wildman–Crippen LogP) is 2.49. The van der Waals surface area contributed by atoms with Gasteiger partial charge in [0, 0.05) is 13.0 Å². The predicted molar refractivity (Wildman–Crippen MR) is 113 cm³/mol. The Balaban J connectivity index is 1.76. The van der Waals surface area contributed by atoms with E-state index < -0.39 is 48.8 Å². The lowest BCUT2D eigenvalue weighted by molar-refractivity contribution is -0.176. The summed E-state index contributed by atoms with van der Waals surface area (Å²) in [4.78, 5) is 48.5. The number of ether oxygens (including phenoxy) is 5. The Bertz CT molecular complexity index is 1040. The molecule has 1 aliphatic rings. The second-order valence-corrected chi connectivity index (χ2v) is 6.97. The number of cyclic esters (lactones) is 1. The average Bonchev–Trinajstić information content (AvgIpc) is 2.83. The number of methoxy groups -OCH3 is 1. The molecule has 0 fully saturated rings. The van der Waals surface area contributed by atoms with Gasteiger partial charge in [0.25, 0.3) is 0 Å². The highest BCUT2D eigenvalue weighted by atomic mass is 16.6. The van der Waals surface area contributed by atoms with Crippen molar-refractivity contribution in [3.63, 3.8) is 0 Å². The number of carbonyl (C=O) groups excluding carboxylic acids is 4. The number of hydrogen-bond acceptors (Lipinski definition) is 9. The molecule has 172 valence electrons. The van der Waals surface area contributed by atoms with E-state index in [2.05, 4.69) is 0 Å². The van der Waals surface area contributed by atoms with Crippen LogP contribution in [0.2, 0.25) is 0 Å². The van der Waals surface area contributed by atoms with Gasteiger partial charge in [-0.25, -0.2) is 14.4 Å². The Kier molecular flexibility index (Phi) is 7.80. The summed E-state index contributed by atoms with van der Waals surface area (Å²) in [7, 11) is 1.46. The normalized spacial score (nSPS) is 17.9. The van der Waals surface area contributed by atoms with Gasteiger partial charge in [0.2, 0.25) is 0 Å². The largest absolute Gasteiger partial charge is 0.497 e. The fourth-order valence-electron chi connectivity index (χ4n) is 3.08. The molecule has 1 heterocycles. The zero-order valence-corrected chi connectivity index (χ0v) is 18.0. The molecule has 2 aromatic carbocycles. The third-order valence-corrected chi connectivity index (χ3v) is 4.62. The van der Waals surface area contributed by atoms with Crippen LogP contribution in [-0.4, -0.2) is 55.9 Å². The molecule has 0 amide bonds. The van der Waals surface area contributed by atoms with E-state index in [9.17, 15) is 19.2 Å². The van der Waals surface area contributed by atoms with Gasteiger partial charge >= 0.3 is 23.9 Å². The highest BCUT2D eigenvalue weighted by Crippen LogP contribution is 2.22. The molecule has 0 saturated heterocycles. The van der Waals surface area contributed by atoms with Crippen molar-refractivity contribution in [1.29, 1.82) is 0 Å². The first-order valence-electron chi connectivity index (χ1n) is 10.0. The highest BCUT2D eigenvalue weighted by molar-refractivity contribution is 5.90. The van der Waals surface area contributed by atoms with Gasteiger partial charge < -0.3 is 23.7 Å². The van der Waals surface area contributed by atoms with Crippen LogP contribution in [-0.2, 0) is 28.5 Å². The van der Waals surface area contributed by atoms with Crippen molar-refractivity contribution in [3.8, 4) is 5.75 Å². The van der Waals surface area contributed by atoms with Crippen LogP contribution < -0.4 is 4.74 Å². The Hall–Kier alpha value is -4.14. The lowest BCUT2D eigenvalue weighted by Crippen LogP contribution is -2.48. The summed E-state index contributed by atoms with van der Waals surface area (Å²) in [6.45, 7) is 0.732. The minimum atomic E-state index is -1.23. The summed E-state index contributed by atoms with van der Waals surface area (Å²) in [5.41, 5.74) is 0.499. The maximum atomic E-state index is 12.7. The first kappa shape index (κ1) is 23.5. The molecule has 0 radical (unpaired) electrons. The number of esters is 4. The molecule has 0 bridgehead atoms. The Labute approximate surface area is 189 Å². The van der Waals surface area contributed by atoms with Crippen LogP contribution in [0.5, 0.6) is 5.75 Å². The van der Waals surface area contributed by atoms with E-state index in [1.165, 1.54) is 25.3 Å². The van der Waals surface area contributed by atoms with E-state index in [4.69, 9.17) is 23.7 Å². The first-order chi connectivity index (χ1) is 15.9. The molecule has 3 atom stereocenters. The van der Waals surface area contributed by atoms with Gasteiger partial charge in [-0.15, -0.1) is 0 Å². The SMILES string of the molecule is COc1cccc(C(=O)O[C@@H]2C=CC(=O)O[C@@H]2[C@@H](COC(=O)c2ccccc2)OC(C)=O)c1. The van der Waals surface area contributed by atoms with Crippen molar-refractivity contribution in [1.82, 2.24) is 0 Å². The van der Waals surface area contributed by atoms with Crippen molar-refractivity contribution in [3.05, 3.63) is 77.9 Å². The van der Waals surface area contributed by atoms with E-state index in [1.807, 2.05) is 0 Å². The summed E-state index contributed by atoms with van der Waals surface area (Å²) in [5.74, 6) is -2.33. The highest BCUT2D eigenvalue weighted by Gasteiger charge is 2.39. The number of carbonyl (C=O) groups is 4. The molecule has 0 aromatic heterocycles. The van der Waals surface area contributed by atoms with Crippen LogP contribution in [0.25, 0.3) is 0 Å². The van der Waals surface area contributed by atoms with Crippen LogP contribution >= 0.6 is 0 Å². The number of hydrogen-bond donors (Lipinski definition) is 0. The Morgan fingerprint density at radius 1 is 1.00 bits per heavy atom. The van der Waals surface area contributed by atoms with Crippen LogP contribution in [0, 0.1) is 0 Å². The van der Waals surface area contributed by atoms with Gasteiger partial charge in [0.1, 0.15) is 12.4 Å². The fourth-order valence-corrected chi connectivity index (χ4v) is 3.08. The Morgan fingerprint density at radius 3 is 2.42 bits per heavy atom. The molecule has 0 saturated carbocycles. The minimum absolute atomic E-state index is 0.206. The molecular weight excluding hydrogens is 432 g/mol. The van der Waals surface area contributed by atoms with Crippen molar-refractivity contribution in [2.24, 2.45) is 0 Å². The second kappa shape index (κ2) is 10.9. The third kappa shape index (κ3) is 6.42. The third-order valence-electron chi connectivity index (χ3n) is 4.62. The van der Waals surface area contributed by atoms with Gasteiger partial charge in [-0.05, 0) is 36.4 Å². The summed E-state index contributed by atoms with van der Waals surface area (Å²) in [5, 5.41) is 0. The van der Waals surface area contributed by atoms with E-state index in [0.717, 1.165) is 13.0 Å². The number of benzene rings is 2. The zero-order valence-electron chi connectivity index (χ0n) is 18.0. The van der Waals surface area contributed by atoms with Crippen molar-refractivity contribution in [2.75, 3.05) is 13.7 Å². The maximum absolute atomic E-state index is 12.7. The summed E-state index contributed by atoms with van der Waals surface area (Å²) in [6.07, 6.45) is -1.12. The van der Waals surface area contributed by atoms with Gasteiger partial charge in [-0.1, -0.05) is 24.3 Å². The monoisotopic (exact) mass is 454 g/mol. The minimum Gasteiger partial charge on any atom is -0.497 e. The van der Waals surface area contributed by atoms with Crippen molar-refractivity contribution < 1.29 is 42.9 Å². The van der Waals surface area contributed by atoms with E-state index >= 15 is 0 Å². The second-order valence-electron chi connectivity index (χ2n) is 6.97. The van der Waals surface area contributed by atoms with Gasteiger partial charge in [0.15, 0.2) is 18.3 Å². The molecule has 3 rings (SSSR count). The van der Waals surface area contributed by atoms with E-state index in [-0.39, 0.29) is 5.56 Å². The molecule has 2 aromatic rings. The van der Waals surface area contributed by atoms with Crippen LogP contribution in [0.4, 0.5) is 0 Å². The lowest BCUT2D eigenvalue weighted by Gasteiger charge is -2.32. The van der Waals surface area contributed by atoms with Crippen LogP contribution in [0.3, 0.4) is 0 Å². The smallest absolute Gasteiger partial charge is 0.338 e. The molecular formula is C24H22O9. The number of rotatable bonds is 8. The van der Waals surface area contributed by atoms with Gasteiger partial charge in [0.05, 0.1) is 18.2 Å². The van der Waals surface area contributed by atoms with E-state index in [0.29, 0.717) is 11.3 Å². The maximum Gasteiger partial charge on any atom is 0.338 e.